The summed E-state index contributed by atoms with van der Waals surface area (Å²) in [6.45, 7) is 5.98. The Hall–Kier alpha value is -2.81. The van der Waals surface area contributed by atoms with Gasteiger partial charge >= 0.3 is 0 Å². The van der Waals surface area contributed by atoms with Crippen molar-refractivity contribution in [1.29, 1.82) is 0 Å². The lowest BCUT2D eigenvalue weighted by molar-refractivity contribution is -0.113. The van der Waals surface area contributed by atoms with E-state index in [0.717, 1.165) is 59.8 Å². The Morgan fingerprint density at radius 1 is 1.13 bits per heavy atom. The molecule has 0 unspecified atom stereocenters. The summed E-state index contributed by atoms with van der Waals surface area (Å²) in [4.78, 5) is 15.1. The molecule has 1 amide bonds. The molecule has 0 radical (unpaired) electrons. The van der Waals surface area contributed by atoms with Crippen molar-refractivity contribution in [2.75, 3.05) is 29.1 Å². The molecule has 2 aromatic heterocycles. The smallest absolute Gasteiger partial charge is 0.234 e. The van der Waals surface area contributed by atoms with Gasteiger partial charge in [-0.25, -0.2) is 4.68 Å². The van der Waals surface area contributed by atoms with E-state index in [0.29, 0.717) is 11.8 Å². The number of benzene rings is 1. The zero-order valence-electron chi connectivity index (χ0n) is 17.9. The van der Waals surface area contributed by atoms with Crippen LogP contribution >= 0.6 is 11.8 Å². The Morgan fingerprint density at radius 3 is 2.58 bits per heavy atom. The lowest BCUT2D eigenvalue weighted by atomic mass is 10.3. The highest BCUT2D eigenvalue weighted by atomic mass is 32.2. The van der Waals surface area contributed by atoms with E-state index in [1.165, 1.54) is 24.6 Å². The molecule has 3 aromatic rings. The molecule has 0 atom stereocenters. The number of nitrogens with one attached hydrogen (secondary N) is 1. The van der Waals surface area contributed by atoms with Gasteiger partial charge in [0, 0.05) is 19.1 Å². The predicted octanol–water partition coefficient (Wildman–Crippen LogP) is 3.75. The Bertz CT molecular complexity index is 1080. The molecule has 3 heterocycles. The number of anilines is 2. The van der Waals surface area contributed by atoms with Gasteiger partial charge in [-0.3, -0.25) is 9.36 Å². The first-order chi connectivity index (χ1) is 15.1. The number of hydrogen-bond donors (Lipinski definition) is 1. The van der Waals surface area contributed by atoms with Gasteiger partial charge in [0.25, 0.3) is 0 Å². The van der Waals surface area contributed by atoms with Crippen molar-refractivity contribution in [3.8, 4) is 5.69 Å². The van der Waals surface area contributed by atoms with Crippen molar-refractivity contribution in [2.45, 2.75) is 50.7 Å². The lowest BCUT2D eigenvalue weighted by Gasteiger charge is -2.17. The molecular formula is C22H27N7OS. The molecule has 2 aliphatic rings. The van der Waals surface area contributed by atoms with E-state index in [-0.39, 0.29) is 5.91 Å². The Balaban J connectivity index is 1.28. The zero-order chi connectivity index (χ0) is 21.4. The van der Waals surface area contributed by atoms with Crippen LogP contribution in [0.5, 0.6) is 0 Å². The van der Waals surface area contributed by atoms with Crippen LogP contribution in [0.3, 0.4) is 0 Å². The van der Waals surface area contributed by atoms with Crippen LogP contribution in [0.1, 0.15) is 43.1 Å². The van der Waals surface area contributed by atoms with E-state index in [4.69, 9.17) is 0 Å². The summed E-state index contributed by atoms with van der Waals surface area (Å²) in [7, 11) is 0. The van der Waals surface area contributed by atoms with E-state index in [1.54, 1.807) is 0 Å². The van der Waals surface area contributed by atoms with Crippen LogP contribution < -0.4 is 10.2 Å². The number of aromatic nitrogens is 5. The number of carbonyl (C=O) groups is 1. The minimum atomic E-state index is -0.0584. The Labute approximate surface area is 186 Å². The van der Waals surface area contributed by atoms with E-state index >= 15 is 0 Å². The lowest BCUT2D eigenvalue weighted by Crippen LogP contribution is -2.22. The van der Waals surface area contributed by atoms with Crippen molar-refractivity contribution in [3.63, 3.8) is 0 Å². The fraction of sp³-hybridized carbons (Fsp3) is 0.455. The van der Waals surface area contributed by atoms with Gasteiger partial charge < -0.3 is 10.2 Å². The molecule has 1 N–H and O–H groups in total. The Morgan fingerprint density at radius 2 is 1.87 bits per heavy atom. The summed E-state index contributed by atoms with van der Waals surface area (Å²) in [5.41, 5.74) is 3.47. The van der Waals surface area contributed by atoms with Crippen LogP contribution in [0.4, 0.5) is 11.6 Å². The summed E-state index contributed by atoms with van der Waals surface area (Å²) in [6, 6.07) is 10.4. The highest BCUT2D eigenvalue weighted by molar-refractivity contribution is 7.99. The highest BCUT2D eigenvalue weighted by Crippen LogP contribution is 2.41. The summed E-state index contributed by atoms with van der Waals surface area (Å²) < 4.78 is 4.11. The fourth-order valence-corrected chi connectivity index (χ4v) is 4.90. The van der Waals surface area contributed by atoms with E-state index in [1.807, 2.05) is 48.9 Å². The van der Waals surface area contributed by atoms with E-state index in [2.05, 4.69) is 30.1 Å². The molecule has 0 bridgehead atoms. The second-order valence-corrected chi connectivity index (χ2v) is 9.15. The monoisotopic (exact) mass is 437 g/mol. The predicted molar refractivity (Wildman–Crippen MR) is 122 cm³/mol. The number of para-hydroxylation sites is 1. The molecule has 2 fully saturated rings. The number of amides is 1. The summed E-state index contributed by atoms with van der Waals surface area (Å²) in [6.07, 6.45) is 4.74. The number of hydrogen-bond acceptors (Lipinski definition) is 6. The molecule has 5 rings (SSSR count). The van der Waals surface area contributed by atoms with Crippen LogP contribution in [0, 0.1) is 13.8 Å². The molecule has 1 aliphatic heterocycles. The van der Waals surface area contributed by atoms with Crippen LogP contribution in [0.2, 0.25) is 0 Å². The third-order valence-corrected chi connectivity index (χ3v) is 6.78. The Kier molecular flexibility index (Phi) is 5.43. The first-order valence-electron chi connectivity index (χ1n) is 10.9. The highest BCUT2D eigenvalue weighted by Gasteiger charge is 2.32. The quantitative estimate of drug-likeness (QED) is 0.567. The maximum absolute atomic E-state index is 12.8. The fourth-order valence-electron chi connectivity index (χ4n) is 4.10. The first kappa shape index (κ1) is 20.1. The molecule has 1 aromatic carbocycles. The summed E-state index contributed by atoms with van der Waals surface area (Å²) in [5, 5.41) is 17.4. The zero-order valence-corrected chi connectivity index (χ0v) is 18.7. The maximum Gasteiger partial charge on any atom is 0.234 e. The second-order valence-electron chi connectivity index (χ2n) is 8.21. The van der Waals surface area contributed by atoms with Gasteiger partial charge in [0.15, 0.2) is 5.16 Å². The van der Waals surface area contributed by atoms with Crippen molar-refractivity contribution in [3.05, 3.63) is 41.7 Å². The molecule has 1 saturated heterocycles. The van der Waals surface area contributed by atoms with Gasteiger partial charge in [0.1, 0.15) is 0 Å². The van der Waals surface area contributed by atoms with Gasteiger partial charge in [-0.2, -0.15) is 5.10 Å². The average Bonchev–Trinajstić information content (AvgIpc) is 3.19. The largest absolute Gasteiger partial charge is 0.341 e. The topological polar surface area (TPSA) is 80.9 Å². The standard InChI is InChI=1S/C22H27N7OS/c1-15-20(16(2)29(26-15)18-8-4-3-5-9-18)23-19(30)14-31-22-25-24-21(27-12-6-7-13-27)28(22)17-10-11-17/h3-5,8-9,17H,6-7,10-14H2,1-2H3,(H,23,30). The summed E-state index contributed by atoms with van der Waals surface area (Å²) >= 11 is 1.46. The van der Waals surface area contributed by atoms with Crippen LogP contribution in [-0.2, 0) is 4.79 Å². The SMILES string of the molecule is Cc1nn(-c2ccccc2)c(C)c1NC(=O)CSc1nnc(N2CCCC2)n1C1CC1. The van der Waals surface area contributed by atoms with Crippen molar-refractivity contribution in [1.82, 2.24) is 24.5 Å². The number of carbonyl (C=O) groups excluding carboxylic acids is 1. The molecule has 9 heteroatoms. The van der Waals surface area contributed by atoms with Crippen LogP contribution in [-0.4, -0.2) is 49.3 Å². The van der Waals surface area contributed by atoms with Crippen molar-refractivity contribution in [2.24, 2.45) is 0 Å². The van der Waals surface area contributed by atoms with Gasteiger partial charge in [-0.1, -0.05) is 30.0 Å². The van der Waals surface area contributed by atoms with Crippen molar-refractivity contribution >= 4 is 29.3 Å². The van der Waals surface area contributed by atoms with Gasteiger partial charge in [0.2, 0.25) is 11.9 Å². The molecule has 0 spiro atoms. The van der Waals surface area contributed by atoms with Gasteiger partial charge in [-0.15, -0.1) is 10.2 Å². The molecule has 162 valence electrons. The van der Waals surface area contributed by atoms with Gasteiger partial charge in [0.05, 0.1) is 28.5 Å². The normalized spacial score (nSPS) is 16.1. The molecule has 8 nitrogen and oxygen atoms in total. The van der Waals surface area contributed by atoms with E-state index < -0.39 is 0 Å². The minimum absolute atomic E-state index is 0.0584. The van der Waals surface area contributed by atoms with Crippen LogP contribution in [0.25, 0.3) is 5.69 Å². The first-order valence-corrected chi connectivity index (χ1v) is 11.8. The molecular weight excluding hydrogens is 410 g/mol. The molecule has 1 aliphatic carbocycles. The third-order valence-electron chi connectivity index (χ3n) is 5.84. The molecule has 1 saturated carbocycles. The van der Waals surface area contributed by atoms with Crippen molar-refractivity contribution < 1.29 is 4.79 Å². The number of aryl methyl sites for hydroxylation is 1. The van der Waals surface area contributed by atoms with Crippen LogP contribution in [0.15, 0.2) is 35.5 Å². The third kappa shape index (κ3) is 4.06. The number of rotatable bonds is 7. The summed E-state index contributed by atoms with van der Waals surface area (Å²) in [5.74, 6) is 1.20. The minimum Gasteiger partial charge on any atom is -0.341 e. The average molecular weight is 438 g/mol. The molecule has 31 heavy (non-hydrogen) atoms. The maximum atomic E-state index is 12.8. The number of nitrogens with zero attached hydrogens (tertiary/aromatic N) is 6. The number of thioether (sulfide) groups is 1. The second kappa shape index (κ2) is 8.37. The van der Waals surface area contributed by atoms with E-state index in [9.17, 15) is 4.79 Å². The van der Waals surface area contributed by atoms with Gasteiger partial charge in [-0.05, 0) is 51.7 Å².